The third-order valence-electron chi connectivity index (χ3n) is 8.28. The molecule has 0 bridgehead atoms. The average Bonchev–Trinajstić information content (AvgIpc) is 2.98. The molecular formula is C30H35FN4O6. The molecule has 1 aromatic carbocycles. The molecule has 0 atom stereocenters. The summed E-state index contributed by atoms with van der Waals surface area (Å²) in [7, 11) is 1.27. The summed E-state index contributed by atoms with van der Waals surface area (Å²) in [5, 5.41) is 14.4. The molecule has 218 valence electrons. The van der Waals surface area contributed by atoms with Gasteiger partial charge in [-0.15, -0.1) is 0 Å². The molecule has 1 aliphatic carbocycles. The van der Waals surface area contributed by atoms with Gasteiger partial charge in [0.2, 0.25) is 0 Å². The Hall–Kier alpha value is -3.83. The van der Waals surface area contributed by atoms with Gasteiger partial charge in [0, 0.05) is 37.9 Å². The molecule has 0 spiro atoms. The number of aromatic hydroxyl groups is 1. The smallest absolute Gasteiger partial charge is 0.331 e. The van der Waals surface area contributed by atoms with Gasteiger partial charge >= 0.3 is 5.97 Å². The number of amides is 1. The number of aromatic nitrogens is 2. The molecule has 3 aromatic rings. The zero-order chi connectivity index (χ0) is 29.1. The van der Waals surface area contributed by atoms with Crippen LogP contribution in [0.25, 0.3) is 22.2 Å². The highest BCUT2D eigenvalue weighted by Crippen LogP contribution is 2.34. The lowest BCUT2D eigenvalue weighted by molar-refractivity contribution is -0.150. The maximum atomic E-state index is 13.8. The summed E-state index contributed by atoms with van der Waals surface area (Å²) in [6.45, 7) is 5.41. The maximum Gasteiger partial charge on any atom is 0.331 e. The number of morpholine rings is 1. The molecule has 11 heteroatoms. The third kappa shape index (κ3) is 5.82. The number of methoxy groups -OCH3 is 1. The van der Waals surface area contributed by atoms with Gasteiger partial charge in [0.25, 0.3) is 11.5 Å². The van der Waals surface area contributed by atoms with Crippen molar-refractivity contribution in [3.63, 3.8) is 0 Å². The highest BCUT2D eigenvalue weighted by Gasteiger charge is 2.44. The number of esters is 1. The zero-order valence-electron chi connectivity index (χ0n) is 23.3. The van der Waals surface area contributed by atoms with Gasteiger partial charge in [-0.3, -0.25) is 19.1 Å². The van der Waals surface area contributed by atoms with Gasteiger partial charge in [0.1, 0.15) is 28.3 Å². The SMILES string of the molecule is COC(=O)[C@]1(NC(=O)c2c(O)c3cc(-c4ccc(F)cc4)cnc3n(CCN3CCOCC3)c2=O)CC[C@H](C)CC1. The molecule has 2 N–H and O–H groups in total. The van der Waals surface area contributed by atoms with E-state index in [1.807, 2.05) is 0 Å². The van der Waals surface area contributed by atoms with Crippen molar-refractivity contribution < 1.29 is 28.6 Å². The van der Waals surface area contributed by atoms with Gasteiger partial charge in [0.05, 0.1) is 25.7 Å². The van der Waals surface area contributed by atoms with Crippen molar-refractivity contribution in [3.8, 4) is 16.9 Å². The normalized spacial score (nSPS) is 21.5. The fourth-order valence-electron chi connectivity index (χ4n) is 5.70. The van der Waals surface area contributed by atoms with Crippen molar-refractivity contribution in [2.24, 2.45) is 5.92 Å². The first-order chi connectivity index (χ1) is 19.7. The number of ether oxygens (including phenoxy) is 2. The van der Waals surface area contributed by atoms with Gasteiger partial charge in [-0.05, 0) is 55.4 Å². The fraction of sp³-hybridized carbons (Fsp3) is 0.467. The Morgan fingerprint density at radius 1 is 1.15 bits per heavy atom. The van der Waals surface area contributed by atoms with Crippen LogP contribution in [0, 0.1) is 11.7 Å². The van der Waals surface area contributed by atoms with Crippen LogP contribution in [0.4, 0.5) is 4.39 Å². The van der Waals surface area contributed by atoms with Gasteiger partial charge < -0.3 is 19.9 Å². The first-order valence-electron chi connectivity index (χ1n) is 13.9. The van der Waals surface area contributed by atoms with E-state index in [0.717, 1.165) is 0 Å². The first-order valence-corrected chi connectivity index (χ1v) is 13.9. The Morgan fingerprint density at radius 3 is 2.49 bits per heavy atom. The monoisotopic (exact) mass is 566 g/mol. The van der Waals surface area contributed by atoms with E-state index >= 15 is 0 Å². The summed E-state index contributed by atoms with van der Waals surface area (Å²) in [4.78, 5) is 47.2. The van der Waals surface area contributed by atoms with Gasteiger partial charge in [-0.1, -0.05) is 19.1 Å². The number of nitrogens with one attached hydrogen (secondary N) is 1. The standard InChI is InChI=1S/C30H35FN4O6/c1-19-7-9-30(10-8-19,29(39)40-2)33-27(37)24-25(36)23-17-21(20-3-5-22(31)6-4-20)18-32-26(23)35(28(24)38)12-11-34-13-15-41-16-14-34/h3-6,17-19,36H,7-16H2,1-2H3,(H,33,37)/t19-,30-. The molecule has 1 saturated carbocycles. The molecule has 41 heavy (non-hydrogen) atoms. The van der Waals surface area contributed by atoms with Crippen LogP contribution in [0.2, 0.25) is 0 Å². The van der Waals surface area contributed by atoms with E-state index in [2.05, 4.69) is 22.1 Å². The van der Waals surface area contributed by atoms with Crippen molar-refractivity contribution in [1.82, 2.24) is 19.8 Å². The van der Waals surface area contributed by atoms with Crippen molar-refractivity contribution in [2.45, 2.75) is 44.7 Å². The van der Waals surface area contributed by atoms with E-state index in [0.29, 0.717) is 75.6 Å². The number of carbonyl (C=O) groups excluding carboxylic acids is 2. The van der Waals surface area contributed by atoms with Crippen LogP contribution >= 0.6 is 0 Å². The molecule has 1 aliphatic heterocycles. The Bertz CT molecular complexity index is 1490. The summed E-state index contributed by atoms with van der Waals surface area (Å²) in [6, 6.07) is 7.44. The average molecular weight is 567 g/mol. The second kappa shape index (κ2) is 12.0. The number of benzene rings is 1. The van der Waals surface area contributed by atoms with E-state index in [1.165, 1.54) is 23.8 Å². The van der Waals surface area contributed by atoms with Crippen LogP contribution in [0.5, 0.6) is 5.75 Å². The van der Waals surface area contributed by atoms with Gasteiger partial charge in [-0.2, -0.15) is 0 Å². The summed E-state index contributed by atoms with van der Waals surface area (Å²) >= 11 is 0. The summed E-state index contributed by atoms with van der Waals surface area (Å²) in [6.07, 6.45) is 3.68. The Kier molecular flexibility index (Phi) is 8.37. The predicted octanol–water partition coefficient (Wildman–Crippen LogP) is 3.09. The number of nitrogens with zero attached hydrogens (tertiary/aromatic N) is 3. The maximum absolute atomic E-state index is 13.8. The highest BCUT2D eigenvalue weighted by molar-refractivity contribution is 6.04. The van der Waals surface area contributed by atoms with Gasteiger partial charge in [0.15, 0.2) is 0 Å². The second-order valence-corrected chi connectivity index (χ2v) is 10.9. The minimum atomic E-state index is -1.29. The molecular weight excluding hydrogens is 531 g/mol. The predicted molar refractivity (Wildman–Crippen MR) is 150 cm³/mol. The van der Waals surface area contributed by atoms with Crippen LogP contribution in [-0.2, 0) is 20.8 Å². The zero-order valence-corrected chi connectivity index (χ0v) is 23.3. The van der Waals surface area contributed by atoms with Crippen LogP contribution in [0.1, 0.15) is 43.0 Å². The molecule has 1 amide bonds. The van der Waals surface area contributed by atoms with E-state index < -0.39 is 40.1 Å². The summed E-state index contributed by atoms with van der Waals surface area (Å²) < 4.78 is 25.4. The quantitative estimate of drug-likeness (QED) is 0.419. The third-order valence-corrected chi connectivity index (χ3v) is 8.28. The number of hydrogen-bond donors (Lipinski definition) is 2. The summed E-state index contributed by atoms with van der Waals surface area (Å²) in [5.41, 5.74) is -1.01. The number of rotatable bonds is 7. The molecule has 0 radical (unpaired) electrons. The number of halogens is 1. The minimum absolute atomic E-state index is 0.197. The molecule has 0 unspecified atom stereocenters. The Morgan fingerprint density at radius 2 is 1.83 bits per heavy atom. The van der Waals surface area contributed by atoms with Crippen molar-refractivity contribution in [1.29, 1.82) is 0 Å². The fourth-order valence-corrected chi connectivity index (χ4v) is 5.70. The molecule has 5 rings (SSSR count). The van der Waals surface area contributed by atoms with E-state index in [1.54, 1.807) is 24.4 Å². The molecule has 2 fully saturated rings. The lowest BCUT2D eigenvalue weighted by Crippen LogP contribution is -2.57. The first kappa shape index (κ1) is 28.7. The number of pyridine rings is 2. The molecule has 3 heterocycles. The second-order valence-electron chi connectivity index (χ2n) is 10.9. The van der Waals surface area contributed by atoms with Crippen molar-refractivity contribution in [2.75, 3.05) is 40.0 Å². The van der Waals surface area contributed by atoms with Crippen LogP contribution in [0.3, 0.4) is 0 Å². The van der Waals surface area contributed by atoms with E-state index in [9.17, 15) is 23.9 Å². The lowest BCUT2D eigenvalue weighted by Gasteiger charge is -2.37. The Labute approximate surface area is 237 Å². The van der Waals surface area contributed by atoms with Crippen LogP contribution in [-0.4, -0.2) is 76.9 Å². The minimum Gasteiger partial charge on any atom is -0.506 e. The molecule has 2 aliphatic rings. The van der Waals surface area contributed by atoms with Crippen LogP contribution in [0.15, 0.2) is 41.3 Å². The number of fused-ring (bicyclic) bond motifs is 1. The van der Waals surface area contributed by atoms with E-state index in [4.69, 9.17) is 9.47 Å². The molecule has 1 saturated heterocycles. The van der Waals surface area contributed by atoms with E-state index in [-0.39, 0.29) is 17.6 Å². The lowest BCUT2D eigenvalue weighted by atomic mass is 9.77. The highest BCUT2D eigenvalue weighted by atomic mass is 19.1. The van der Waals surface area contributed by atoms with Crippen molar-refractivity contribution >= 4 is 22.9 Å². The number of hydrogen-bond acceptors (Lipinski definition) is 8. The summed E-state index contributed by atoms with van der Waals surface area (Å²) in [5.74, 6) is -1.96. The largest absolute Gasteiger partial charge is 0.506 e. The topological polar surface area (TPSA) is 123 Å². The molecule has 2 aromatic heterocycles. The van der Waals surface area contributed by atoms with Crippen LogP contribution < -0.4 is 10.9 Å². The van der Waals surface area contributed by atoms with Crippen molar-refractivity contribution in [3.05, 3.63) is 58.3 Å². The number of carbonyl (C=O) groups is 2. The Balaban J connectivity index is 1.59. The van der Waals surface area contributed by atoms with Gasteiger partial charge in [-0.25, -0.2) is 14.2 Å². The molecule has 10 nitrogen and oxygen atoms in total.